The van der Waals surface area contributed by atoms with Gasteiger partial charge in [-0.1, -0.05) is 12.8 Å². The van der Waals surface area contributed by atoms with Crippen LogP contribution in [-0.4, -0.2) is 41.7 Å². The number of thiophene rings is 1. The molecule has 1 saturated carbocycles. The molecule has 0 bridgehead atoms. The van der Waals surface area contributed by atoms with E-state index in [1.54, 1.807) is 30.7 Å². The molecule has 6 aromatic heterocycles. The Morgan fingerprint density at radius 2 is 1.90 bits per heavy atom. The van der Waals surface area contributed by atoms with E-state index in [1.165, 1.54) is 37.9 Å². The van der Waals surface area contributed by atoms with E-state index in [9.17, 15) is 4.39 Å². The highest BCUT2D eigenvalue weighted by Crippen LogP contribution is 2.35. The van der Waals surface area contributed by atoms with Crippen molar-refractivity contribution in [1.29, 1.82) is 0 Å². The minimum atomic E-state index is -0.462. The Labute approximate surface area is 226 Å². The second-order valence-electron chi connectivity index (χ2n) is 9.89. The Balaban J connectivity index is 1.23. The van der Waals surface area contributed by atoms with Crippen molar-refractivity contribution in [3.63, 3.8) is 0 Å². The molecule has 0 amide bonds. The largest absolute Gasteiger partial charge is 0.335 e. The fraction of sp³-hybridized carbons (Fsp3) is 0.250. The number of hydrogen-bond donors (Lipinski definition) is 3. The van der Waals surface area contributed by atoms with Crippen LogP contribution in [0.5, 0.6) is 0 Å². The standard InChI is InChI=1S/C28H24F2N8S/c29-21-6-5-20(39-21)18-7-8-33-27-24(18)35-28(36-27)25-22-23(30)19(14-34-26(22)38-37-25)17-9-16(12-32-13-17)11-31-10-15-3-1-2-4-15/h5-9,12-15,31H,1-4,10-11H2,(H,33,35,36)(H,34,37,38). The van der Waals surface area contributed by atoms with E-state index in [2.05, 4.69) is 40.4 Å². The van der Waals surface area contributed by atoms with Crippen LogP contribution in [0.25, 0.3) is 55.3 Å². The van der Waals surface area contributed by atoms with Crippen LogP contribution in [0.3, 0.4) is 0 Å². The number of nitrogens with one attached hydrogen (secondary N) is 3. The molecular formula is C28H24F2N8S. The van der Waals surface area contributed by atoms with Gasteiger partial charge in [0.1, 0.15) is 11.5 Å². The molecule has 0 unspecified atom stereocenters. The number of aromatic nitrogens is 7. The molecule has 6 aromatic rings. The van der Waals surface area contributed by atoms with Gasteiger partial charge in [0, 0.05) is 52.9 Å². The molecule has 1 aliphatic carbocycles. The van der Waals surface area contributed by atoms with Crippen molar-refractivity contribution in [3.05, 3.63) is 65.6 Å². The number of aromatic amines is 2. The average molecular weight is 543 g/mol. The van der Waals surface area contributed by atoms with Crippen molar-refractivity contribution >= 4 is 33.5 Å². The fourth-order valence-corrected chi connectivity index (χ4v) is 6.15. The second-order valence-corrected chi connectivity index (χ2v) is 10.9. The zero-order chi connectivity index (χ0) is 26.3. The quantitative estimate of drug-likeness (QED) is 0.220. The molecule has 0 aliphatic heterocycles. The summed E-state index contributed by atoms with van der Waals surface area (Å²) in [5, 5.41) is 10.6. The van der Waals surface area contributed by atoms with E-state index in [0.29, 0.717) is 40.4 Å². The summed E-state index contributed by atoms with van der Waals surface area (Å²) < 4.78 is 29.8. The minimum absolute atomic E-state index is 0.222. The van der Waals surface area contributed by atoms with Crippen molar-refractivity contribution in [2.45, 2.75) is 32.2 Å². The van der Waals surface area contributed by atoms with Gasteiger partial charge in [-0.3, -0.25) is 10.1 Å². The first kappa shape index (κ1) is 24.0. The summed E-state index contributed by atoms with van der Waals surface area (Å²) in [4.78, 5) is 21.7. The van der Waals surface area contributed by atoms with Crippen molar-refractivity contribution in [3.8, 4) is 33.1 Å². The molecule has 8 nitrogen and oxygen atoms in total. The van der Waals surface area contributed by atoms with Gasteiger partial charge < -0.3 is 10.3 Å². The highest BCUT2D eigenvalue weighted by Gasteiger charge is 2.22. The predicted octanol–water partition coefficient (Wildman–Crippen LogP) is 6.24. The van der Waals surface area contributed by atoms with Gasteiger partial charge in [0.15, 0.2) is 22.2 Å². The molecule has 39 heavy (non-hydrogen) atoms. The van der Waals surface area contributed by atoms with Crippen molar-refractivity contribution in [2.75, 3.05) is 6.54 Å². The van der Waals surface area contributed by atoms with E-state index in [-0.39, 0.29) is 16.2 Å². The van der Waals surface area contributed by atoms with Gasteiger partial charge in [-0.2, -0.15) is 9.49 Å². The molecule has 0 saturated heterocycles. The number of nitrogens with zero attached hydrogens (tertiary/aromatic N) is 5. The van der Waals surface area contributed by atoms with Crippen LogP contribution in [0, 0.1) is 16.9 Å². The van der Waals surface area contributed by atoms with E-state index in [1.807, 2.05) is 6.07 Å². The van der Waals surface area contributed by atoms with Crippen LogP contribution in [0.4, 0.5) is 8.78 Å². The van der Waals surface area contributed by atoms with Gasteiger partial charge in [-0.25, -0.2) is 19.3 Å². The van der Waals surface area contributed by atoms with Crippen LogP contribution >= 0.6 is 11.3 Å². The van der Waals surface area contributed by atoms with E-state index < -0.39 is 5.82 Å². The molecule has 0 atom stereocenters. The topological polar surface area (TPSA) is 108 Å². The number of fused-ring (bicyclic) bond motifs is 2. The number of hydrogen-bond acceptors (Lipinski definition) is 7. The third-order valence-electron chi connectivity index (χ3n) is 7.33. The molecule has 1 fully saturated rings. The summed E-state index contributed by atoms with van der Waals surface area (Å²) >= 11 is 1.04. The zero-order valence-corrected chi connectivity index (χ0v) is 21.7. The molecule has 0 radical (unpaired) electrons. The summed E-state index contributed by atoms with van der Waals surface area (Å²) in [6.07, 6.45) is 11.7. The summed E-state index contributed by atoms with van der Waals surface area (Å²) in [7, 11) is 0. The first-order chi connectivity index (χ1) is 19.1. The van der Waals surface area contributed by atoms with Crippen molar-refractivity contribution < 1.29 is 8.78 Å². The zero-order valence-electron chi connectivity index (χ0n) is 20.8. The molecule has 1 aliphatic rings. The molecule has 0 aromatic carbocycles. The van der Waals surface area contributed by atoms with Crippen LogP contribution in [0.2, 0.25) is 0 Å². The number of imidazole rings is 1. The first-order valence-corrected chi connectivity index (χ1v) is 13.7. The monoisotopic (exact) mass is 542 g/mol. The van der Waals surface area contributed by atoms with E-state index in [0.717, 1.165) is 39.8 Å². The van der Waals surface area contributed by atoms with Gasteiger partial charge >= 0.3 is 0 Å². The van der Waals surface area contributed by atoms with Crippen LogP contribution in [-0.2, 0) is 6.54 Å². The van der Waals surface area contributed by atoms with Gasteiger partial charge in [-0.05, 0) is 55.1 Å². The lowest BCUT2D eigenvalue weighted by Gasteiger charge is -2.11. The molecule has 0 spiro atoms. The first-order valence-electron chi connectivity index (χ1n) is 12.9. The predicted molar refractivity (Wildman–Crippen MR) is 147 cm³/mol. The van der Waals surface area contributed by atoms with Crippen molar-refractivity contribution in [2.24, 2.45) is 5.92 Å². The van der Waals surface area contributed by atoms with Gasteiger partial charge in [0.2, 0.25) is 0 Å². The number of pyridine rings is 3. The average Bonchev–Trinajstić information content (AvgIpc) is 3.75. The number of rotatable bonds is 7. The second kappa shape index (κ2) is 9.90. The molecule has 11 heteroatoms. The van der Waals surface area contributed by atoms with Gasteiger partial charge in [-0.15, -0.1) is 11.3 Å². The van der Waals surface area contributed by atoms with Gasteiger partial charge in [0.05, 0.1) is 10.9 Å². The fourth-order valence-electron chi connectivity index (χ4n) is 5.38. The Hall–Kier alpha value is -4.09. The normalized spacial score (nSPS) is 14.2. The lowest BCUT2D eigenvalue weighted by Crippen LogP contribution is -2.20. The molecule has 6 heterocycles. The summed E-state index contributed by atoms with van der Waals surface area (Å²) in [6, 6.07) is 6.87. The maximum absolute atomic E-state index is 16.1. The Kier molecular flexibility index (Phi) is 6.09. The smallest absolute Gasteiger partial charge is 0.184 e. The highest BCUT2D eigenvalue weighted by molar-refractivity contribution is 7.14. The van der Waals surface area contributed by atoms with E-state index >= 15 is 4.39 Å². The maximum atomic E-state index is 16.1. The summed E-state index contributed by atoms with van der Waals surface area (Å²) in [5.74, 6) is 0.640. The maximum Gasteiger partial charge on any atom is 0.184 e. The third-order valence-corrected chi connectivity index (χ3v) is 8.24. The highest BCUT2D eigenvalue weighted by atomic mass is 32.1. The van der Waals surface area contributed by atoms with E-state index in [4.69, 9.17) is 0 Å². The Bertz CT molecular complexity index is 1800. The Morgan fingerprint density at radius 1 is 1.00 bits per heavy atom. The van der Waals surface area contributed by atoms with Crippen LogP contribution in [0.1, 0.15) is 31.2 Å². The summed E-state index contributed by atoms with van der Waals surface area (Å²) in [5.41, 5.74) is 4.39. The molecule has 196 valence electrons. The van der Waals surface area contributed by atoms with Crippen LogP contribution in [0.15, 0.2) is 49.1 Å². The number of halogens is 2. The van der Waals surface area contributed by atoms with Crippen molar-refractivity contribution in [1.82, 2.24) is 40.4 Å². The molecular weight excluding hydrogens is 518 g/mol. The lowest BCUT2D eigenvalue weighted by molar-refractivity contribution is 0.489. The minimum Gasteiger partial charge on any atom is -0.335 e. The Morgan fingerprint density at radius 3 is 2.74 bits per heavy atom. The van der Waals surface area contributed by atoms with Crippen LogP contribution < -0.4 is 5.32 Å². The SMILES string of the molecule is Fc1ccc(-c2ccnc3nc(-c4[nH]nc5ncc(-c6cncc(CNCC7CCCC7)c6)c(F)c45)[nH]c23)s1. The van der Waals surface area contributed by atoms with Gasteiger partial charge in [0.25, 0.3) is 0 Å². The molecule has 3 N–H and O–H groups in total. The summed E-state index contributed by atoms with van der Waals surface area (Å²) in [6.45, 7) is 1.66. The number of H-pyrrole nitrogens is 2. The third kappa shape index (κ3) is 4.47. The molecule has 7 rings (SSSR count). The lowest BCUT2D eigenvalue weighted by atomic mass is 10.0.